The fourth-order valence-corrected chi connectivity index (χ4v) is 0.823. The first-order valence-electron chi connectivity index (χ1n) is 3.47. The summed E-state index contributed by atoms with van der Waals surface area (Å²) in [4.78, 5) is 11.0. The van der Waals surface area contributed by atoms with Gasteiger partial charge in [-0.1, -0.05) is 5.21 Å². The van der Waals surface area contributed by atoms with Crippen molar-refractivity contribution in [1.82, 2.24) is 15.0 Å². The molecule has 0 saturated carbocycles. The minimum atomic E-state index is -0.575. The number of carbonyl (C=O) groups is 1. The molecule has 1 rings (SSSR count). The Hall–Kier alpha value is -1.30. The van der Waals surface area contributed by atoms with Crippen LogP contribution in [0, 0.1) is 0 Å². The standard InChI is InChI=1S/C6H9FN4O/c7-1-2-11-5(4-9-10-11)6(12)3-8/h4H,1-3,8H2. The van der Waals surface area contributed by atoms with Gasteiger partial charge in [-0.15, -0.1) is 5.10 Å². The fraction of sp³-hybridized carbons (Fsp3) is 0.500. The number of alkyl halides is 1. The van der Waals surface area contributed by atoms with Crippen LogP contribution in [0.1, 0.15) is 10.5 Å². The van der Waals surface area contributed by atoms with Crippen molar-refractivity contribution in [1.29, 1.82) is 0 Å². The molecule has 0 amide bonds. The van der Waals surface area contributed by atoms with Gasteiger partial charge in [0.05, 0.1) is 19.3 Å². The molecule has 6 heteroatoms. The number of hydrogen-bond donors (Lipinski definition) is 1. The highest BCUT2D eigenvalue weighted by molar-refractivity contribution is 5.95. The number of nitrogens with two attached hydrogens (primary N) is 1. The summed E-state index contributed by atoms with van der Waals surface area (Å²) < 4.78 is 13.1. The average molecular weight is 172 g/mol. The average Bonchev–Trinajstić information content (AvgIpc) is 2.52. The van der Waals surface area contributed by atoms with Gasteiger partial charge in [-0.2, -0.15) is 0 Å². The smallest absolute Gasteiger partial charge is 0.196 e. The van der Waals surface area contributed by atoms with Crippen molar-refractivity contribution < 1.29 is 9.18 Å². The first kappa shape index (κ1) is 8.79. The van der Waals surface area contributed by atoms with Crippen LogP contribution in [0.15, 0.2) is 6.20 Å². The zero-order chi connectivity index (χ0) is 8.97. The topological polar surface area (TPSA) is 73.8 Å². The molecule has 0 aromatic carbocycles. The molecule has 0 saturated heterocycles. The number of halogens is 1. The van der Waals surface area contributed by atoms with E-state index in [0.29, 0.717) is 0 Å². The number of hydrogen-bond acceptors (Lipinski definition) is 4. The summed E-state index contributed by atoms with van der Waals surface area (Å²) >= 11 is 0. The van der Waals surface area contributed by atoms with E-state index in [1.165, 1.54) is 10.9 Å². The highest BCUT2D eigenvalue weighted by atomic mass is 19.1. The summed E-state index contributed by atoms with van der Waals surface area (Å²) in [6, 6.07) is 0. The molecule has 1 heterocycles. The third-order valence-corrected chi connectivity index (χ3v) is 1.39. The third kappa shape index (κ3) is 1.65. The summed E-state index contributed by atoms with van der Waals surface area (Å²) in [5, 5.41) is 7.00. The van der Waals surface area contributed by atoms with Crippen molar-refractivity contribution in [2.75, 3.05) is 13.2 Å². The molecule has 5 nitrogen and oxygen atoms in total. The Morgan fingerprint density at radius 3 is 3.08 bits per heavy atom. The molecular weight excluding hydrogens is 163 g/mol. The van der Waals surface area contributed by atoms with E-state index in [1.54, 1.807) is 0 Å². The summed E-state index contributed by atoms with van der Waals surface area (Å²) in [5.41, 5.74) is 5.38. The Kier molecular flexibility index (Phi) is 2.87. The Morgan fingerprint density at radius 2 is 2.50 bits per heavy atom. The number of nitrogens with zero attached hydrogens (tertiary/aromatic N) is 3. The van der Waals surface area contributed by atoms with Crippen molar-refractivity contribution in [3.05, 3.63) is 11.9 Å². The van der Waals surface area contributed by atoms with Crippen LogP contribution in [0.25, 0.3) is 0 Å². The van der Waals surface area contributed by atoms with E-state index < -0.39 is 6.67 Å². The molecule has 1 aromatic heterocycles. The van der Waals surface area contributed by atoms with E-state index in [1.807, 2.05) is 0 Å². The SMILES string of the molecule is NCC(=O)c1cnnn1CCF. The molecular formula is C6H9FN4O. The summed E-state index contributed by atoms with van der Waals surface area (Å²) in [6.45, 7) is -0.644. The number of aryl methyl sites for hydroxylation is 1. The minimum Gasteiger partial charge on any atom is -0.324 e. The highest BCUT2D eigenvalue weighted by Gasteiger charge is 2.10. The van der Waals surface area contributed by atoms with Gasteiger partial charge in [0.25, 0.3) is 0 Å². The molecule has 12 heavy (non-hydrogen) atoms. The molecule has 2 N–H and O–H groups in total. The molecule has 0 spiro atoms. The Labute approximate surface area is 68.4 Å². The van der Waals surface area contributed by atoms with Gasteiger partial charge in [0.1, 0.15) is 12.4 Å². The lowest BCUT2D eigenvalue weighted by Gasteiger charge is -1.99. The van der Waals surface area contributed by atoms with Crippen molar-refractivity contribution >= 4 is 5.78 Å². The number of carbonyl (C=O) groups excluding carboxylic acids is 1. The van der Waals surface area contributed by atoms with Gasteiger partial charge in [-0.05, 0) is 0 Å². The van der Waals surface area contributed by atoms with Crippen molar-refractivity contribution in [2.45, 2.75) is 6.54 Å². The zero-order valence-corrected chi connectivity index (χ0v) is 6.40. The number of Topliss-reactive ketones (excluding diaryl/α,β-unsaturated/α-hetero) is 1. The molecule has 0 bridgehead atoms. The molecule has 66 valence electrons. The van der Waals surface area contributed by atoms with Crippen molar-refractivity contribution in [3.63, 3.8) is 0 Å². The Balaban J connectivity index is 2.83. The second-order valence-corrected chi connectivity index (χ2v) is 2.16. The van der Waals surface area contributed by atoms with Gasteiger partial charge >= 0.3 is 0 Å². The monoisotopic (exact) mass is 172 g/mol. The first-order valence-corrected chi connectivity index (χ1v) is 3.47. The normalized spacial score (nSPS) is 10.2. The molecule has 0 aliphatic rings. The maximum Gasteiger partial charge on any atom is 0.196 e. The molecule has 0 aliphatic heterocycles. The van der Waals surface area contributed by atoms with E-state index in [4.69, 9.17) is 5.73 Å². The number of ketones is 1. The maximum absolute atomic E-state index is 11.9. The van der Waals surface area contributed by atoms with Crippen LogP contribution in [0.5, 0.6) is 0 Å². The van der Waals surface area contributed by atoms with Crippen molar-refractivity contribution in [2.24, 2.45) is 5.73 Å². The molecule has 0 atom stereocenters. The largest absolute Gasteiger partial charge is 0.324 e. The van der Waals surface area contributed by atoms with E-state index in [0.717, 1.165) is 0 Å². The maximum atomic E-state index is 11.9. The predicted octanol–water partition coefficient (Wildman–Crippen LogP) is -0.611. The first-order chi connectivity index (χ1) is 5.79. The van der Waals surface area contributed by atoms with Gasteiger partial charge in [-0.25, -0.2) is 9.07 Å². The van der Waals surface area contributed by atoms with Gasteiger partial charge in [-0.3, -0.25) is 4.79 Å². The minimum absolute atomic E-state index is 0.0427. The molecule has 1 aromatic rings. The van der Waals surface area contributed by atoms with E-state index in [-0.39, 0.29) is 24.6 Å². The lowest BCUT2D eigenvalue weighted by Crippen LogP contribution is -2.19. The molecule has 0 aliphatic carbocycles. The van der Waals surface area contributed by atoms with Gasteiger partial charge < -0.3 is 5.73 Å². The number of aromatic nitrogens is 3. The Morgan fingerprint density at radius 1 is 1.75 bits per heavy atom. The van der Waals surface area contributed by atoms with Crippen LogP contribution >= 0.6 is 0 Å². The summed E-state index contributed by atoms with van der Waals surface area (Å²) in [7, 11) is 0. The summed E-state index contributed by atoms with van der Waals surface area (Å²) in [6.07, 6.45) is 1.28. The second kappa shape index (κ2) is 3.91. The van der Waals surface area contributed by atoms with Crippen LogP contribution in [0.3, 0.4) is 0 Å². The Bertz CT molecular complexity index is 272. The molecule has 0 unspecified atom stereocenters. The quantitative estimate of drug-likeness (QED) is 0.615. The predicted molar refractivity (Wildman–Crippen MR) is 39.4 cm³/mol. The van der Waals surface area contributed by atoms with Crippen molar-refractivity contribution in [3.8, 4) is 0 Å². The number of rotatable bonds is 4. The van der Waals surface area contributed by atoms with Crippen LogP contribution in [-0.2, 0) is 6.54 Å². The second-order valence-electron chi connectivity index (χ2n) is 2.16. The van der Waals surface area contributed by atoms with E-state index >= 15 is 0 Å². The van der Waals surface area contributed by atoms with Crippen LogP contribution in [0.2, 0.25) is 0 Å². The molecule has 0 fully saturated rings. The van der Waals surface area contributed by atoms with Gasteiger partial charge in [0, 0.05) is 0 Å². The molecule has 0 radical (unpaired) electrons. The summed E-state index contributed by atoms with van der Waals surface area (Å²) in [5.74, 6) is -0.284. The van der Waals surface area contributed by atoms with E-state index in [2.05, 4.69) is 10.3 Å². The lowest BCUT2D eigenvalue weighted by molar-refractivity contribution is 0.0990. The van der Waals surface area contributed by atoms with Crippen LogP contribution < -0.4 is 5.73 Å². The highest BCUT2D eigenvalue weighted by Crippen LogP contribution is 1.96. The van der Waals surface area contributed by atoms with Gasteiger partial charge in [0.15, 0.2) is 5.78 Å². The third-order valence-electron chi connectivity index (χ3n) is 1.39. The van der Waals surface area contributed by atoms with Gasteiger partial charge in [0.2, 0.25) is 0 Å². The zero-order valence-electron chi connectivity index (χ0n) is 6.40. The van der Waals surface area contributed by atoms with Crippen LogP contribution in [0.4, 0.5) is 4.39 Å². The lowest BCUT2D eigenvalue weighted by atomic mass is 10.3. The van der Waals surface area contributed by atoms with Crippen LogP contribution in [-0.4, -0.2) is 34.0 Å². The fourth-order valence-electron chi connectivity index (χ4n) is 0.823. The van der Waals surface area contributed by atoms with E-state index in [9.17, 15) is 9.18 Å².